The van der Waals surface area contributed by atoms with Crippen LogP contribution in [0.2, 0.25) is 6.04 Å². The van der Waals surface area contributed by atoms with Gasteiger partial charge in [-0.1, -0.05) is 0 Å². The molecule has 0 spiro atoms. The van der Waals surface area contributed by atoms with Gasteiger partial charge in [-0.25, -0.2) is 0 Å². The van der Waals surface area contributed by atoms with E-state index in [-0.39, 0.29) is 0 Å². The maximum atomic E-state index is 13.1. The maximum absolute atomic E-state index is 13.1. The van der Waals surface area contributed by atoms with E-state index in [1.165, 1.54) is 0 Å². The highest BCUT2D eigenvalue weighted by Crippen LogP contribution is 2.60. The van der Waals surface area contributed by atoms with Crippen LogP contribution in [0.4, 0.5) is 57.1 Å². The van der Waals surface area contributed by atoms with Crippen LogP contribution in [0.15, 0.2) is 0 Å². The SMILES string of the molecule is CO[SiH2]CCC(F)(F)C(F)(F)C(F)(F)C(F)(F)C(F)(F)C(F)(F)F. The van der Waals surface area contributed by atoms with E-state index in [0.29, 0.717) is 0 Å². The summed E-state index contributed by atoms with van der Waals surface area (Å²) in [6, 6.07) is -0.948. The van der Waals surface area contributed by atoms with Gasteiger partial charge in [-0.3, -0.25) is 0 Å². The molecule has 24 heavy (non-hydrogen) atoms. The van der Waals surface area contributed by atoms with Crippen LogP contribution in [0, 0.1) is 0 Å². The van der Waals surface area contributed by atoms with E-state index in [2.05, 4.69) is 4.43 Å². The van der Waals surface area contributed by atoms with Crippen molar-refractivity contribution in [3.05, 3.63) is 0 Å². The Hall–Kier alpha value is -0.733. The Morgan fingerprint density at radius 1 is 0.625 bits per heavy atom. The Bertz CT molecular complexity index is 430. The van der Waals surface area contributed by atoms with Crippen molar-refractivity contribution in [1.82, 2.24) is 0 Å². The van der Waals surface area contributed by atoms with Crippen molar-refractivity contribution in [3.8, 4) is 0 Å². The van der Waals surface area contributed by atoms with E-state index in [0.717, 1.165) is 7.11 Å². The minimum atomic E-state index is -7.83. The minimum Gasteiger partial charge on any atom is -0.427 e. The molecule has 0 aliphatic carbocycles. The molecule has 0 unspecified atom stereocenters. The summed E-state index contributed by atoms with van der Waals surface area (Å²) in [5.41, 5.74) is 0. The Labute approximate surface area is 128 Å². The standard InChI is InChI=1S/C9H9F13OSi/c1-23-24-3-2-4(10,11)5(12,13)6(14,15)7(16,17)8(18,19)9(20,21)22/h2-3,24H2,1H3. The maximum Gasteiger partial charge on any atom is 0.460 e. The zero-order chi connectivity index (χ0) is 19.8. The van der Waals surface area contributed by atoms with E-state index < -0.39 is 58.0 Å². The van der Waals surface area contributed by atoms with Gasteiger partial charge in [-0.05, 0) is 6.04 Å². The van der Waals surface area contributed by atoms with Gasteiger partial charge in [0.15, 0.2) is 9.76 Å². The number of rotatable bonds is 8. The van der Waals surface area contributed by atoms with Crippen LogP contribution in [0.3, 0.4) is 0 Å². The second kappa shape index (κ2) is 6.53. The zero-order valence-corrected chi connectivity index (χ0v) is 12.9. The summed E-state index contributed by atoms with van der Waals surface area (Å²) < 4.78 is 169. The average Bonchev–Trinajstić information content (AvgIpc) is 2.36. The average molecular weight is 408 g/mol. The summed E-state index contributed by atoms with van der Waals surface area (Å²) in [7, 11) is -0.978. The normalized spacial score (nSPS) is 16.2. The van der Waals surface area contributed by atoms with Crippen LogP contribution in [0.25, 0.3) is 0 Å². The van der Waals surface area contributed by atoms with Gasteiger partial charge in [0, 0.05) is 13.5 Å². The summed E-state index contributed by atoms with van der Waals surface area (Å²) in [6.45, 7) is 0. The first-order chi connectivity index (χ1) is 10.3. The quantitative estimate of drug-likeness (QED) is 0.331. The third kappa shape index (κ3) is 3.46. The van der Waals surface area contributed by atoms with E-state index >= 15 is 0 Å². The van der Waals surface area contributed by atoms with Crippen molar-refractivity contribution in [2.75, 3.05) is 7.11 Å². The van der Waals surface area contributed by atoms with Crippen LogP contribution in [0.1, 0.15) is 6.42 Å². The third-order valence-corrected chi connectivity index (χ3v) is 3.89. The molecule has 0 saturated heterocycles. The molecule has 0 rings (SSSR count). The fraction of sp³-hybridized carbons (Fsp3) is 1.00. The molecule has 0 aromatic carbocycles. The first-order valence-corrected chi connectivity index (χ1v) is 7.33. The first kappa shape index (κ1) is 23.3. The molecule has 0 N–H and O–H groups in total. The van der Waals surface area contributed by atoms with Crippen molar-refractivity contribution < 1.29 is 61.5 Å². The lowest BCUT2D eigenvalue weighted by Gasteiger charge is -2.39. The topological polar surface area (TPSA) is 9.23 Å². The van der Waals surface area contributed by atoms with E-state index in [1.54, 1.807) is 0 Å². The monoisotopic (exact) mass is 408 g/mol. The number of hydrogen-bond donors (Lipinski definition) is 0. The van der Waals surface area contributed by atoms with Crippen LogP contribution < -0.4 is 0 Å². The minimum absolute atomic E-state index is 0.940. The van der Waals surface area contributed by atoms with Gasteiger partial charge in [0.25, 0.3) is 0 Å². The molecule has 0 amide bonds. The molecule has 0 aromatic heterocycles. The number of alkyl halides is 13. The largest absolute Gasteiger partial charge is 0.460 e. The first-order valence-electron chi connectivity index (χ1n) is 5.76. The van der Waals surface area contributed by atoms with Crippen molar-refractivity contribution in [3.63, 3.8) is 0 Å². The smallest absolute Gasteiger partial charge is 0.427 e. The van der Waals surface area contributed by atoms with Gasteiger partial charge in [-0.2, -0.15) is 57.1 Å². The molecule has 0 aliphatic heterocycles. The Kier molecular flexibility index (Phi) is 6.33. The third-order valence-electron chi connectivity index (χ3n) is 2.84. The van der Waals surface area contributed by atoms with Gasteiger partial charge >= 0.3 is 35.8 Å². The fourth-order valence-electron chi connectivity index (χ4n) is 1.40. The van der Waals surface area contributed by atoms with Crippen LogP contribution >= 0.6 is 0 Å². The van der Waals surface area contributed by atoms with Crippen LogP contribution in [-0.4, -0.2) is 52.7 Å². The van der Waals surface area contributed by atoms with Crippen molar-refractivity contribution in [2.45, 2.75) is 48.3 Å². The molecule has 146 valence electrons. The molecule has 0 heterocycles. The molecule has 15 heteroatoms. The summed E-state index contributed by atoms with van der Waals surface area (Å²) in [5.74, 6) is -36.4. The second-order valence-corrected chi connectivity index (χ2v) is 6.29. The molecule has 0 saturated carbocycles. The molecular weight excluding hydrogens is 399 g/mol. The van der Waals surface area contributed by atoms with Crippen molar-refractivity contribution >= 4 is 9.76 Å². The predicted octanol–water partition coefficient (Wildman–Crippen LogP) is 4.26. The Morgan fingerprint density at radius 2 is 1.00 bits per heavy atom. The number of halogens is 13. The lowest BCUT2D eigenvalue weighted by Crippen LogP contribution is -2.70. The highest BCUT2D eigenvalue weighted by Gasteiger charge is 2.90. The van der Waals surface area contributed by atoms with Gasteiger partial charge < -0.3 is 4.43 Å². The van der Waals surface area contributed by atoms with E-state index in [1.807, 2.05) is 0 Å². The van der Waals surface area contributed by atoms with Gasteiger partial charge in [0.1, 0.15) is 0 Å². The predicted molar refractivity (Wildman–Crippen MR) is 55.8 cm³/mol. The molecule has 1 nitrogen and oxygen atoms in total. The van der Waals surface area contributed by atoms with E-state index in [9.17, 15) is 57.1 Å². The Morgan fingerprint density at radius 3 is 1.33 bits per heavy atom. The molecule has 0 radical (unpaired) electrons. The summed E-state index contributed by atoms with van der Waals surface area (Å²) >= 11 is 0. The molecular formula is C9H9F13OSi. The lowest BCUT2D eigenvalue weighted by atomic mass is 9.93. The van der Waals surface area contributed by atoms with Gasteiger partial charge in [0.05, 0.1) is 0 Å². The van der Waals surface area contributed by atoms with Crippen LogP contribution in [0.5, 0.6) is 0 Å². The van der Waals surface area contributed by atoms with Gasteiger partial charge in [-0.15, -0.1) is 0 Å². The molecule has 0 bridgehead atoms. The zero-order valence-electron chi connectivity index (χ0n) is 11.4. The fourth-order valence-corrected chi connectivity index (χ4v) is 2.27. The highest BCUT2D eigenvalue weighted by molar-refractivity contribution is 6.26. The van der Waals surface area contributed by atoms with Crippen LogP contribution in [-0.2, 0) is 4.43 Å². The van der Waals surface area contributed by atoms with Crippen molar-refractivity contribution in [1.29, 1.82) is 0 Å². The highest BCUT2D eigenvalue weighted by atomic mass is 28.2. The number of hydrogen-bond acceptors (Lipinski definition) is 1. The summed E-state index contributed by atoms with van der Waals surface area (Å²) in [5, 5.41) is 0. The molecule has 0 atom stereocenters. The van der Waals surface area contributed by atoms with Gasteiger partial charge in [0.2, 0.25) is 0 Å². The van der Waals surface area contributed by atoms with Crippen molar-refractivity contribution in [2.24, 2.45) is 0 Å². The summed E-state index contributed by atoms with van der Waals surface area (Å²) in [4.78, 5) is 0. The molecule has 0 aliphatic rings. The van der Waals surface area contributed by atoms with E-state index in [4.69, 9.17) is 0 Å². The molecule has 0 fully saturated rings. The summed E-state index contributed by atoms with van der Waals surface area (Å²) in [6.07, 6.45) is -9.54. The second-order valence-electron chi connectivity index (χ2n) is 4.60. The Balaban J connectivity index is 5.92. The molecule has 0 aromatic rings. The lowest BCUT2D eigenvalue weighted by molar-refractivity contribution is -0.439.